The molecule has 8 heteroatoms. The Bertz CT molecular complexity index is 1240. The van der Waals surface area contributed by atoms with Crippen molar-refractivity contribution < 1.29 is 14.9 Å². The van der Waals surface area contributed by atoms with Crippen molar-refractivity contribution in [1.29, 1.82) is 0 Å². The predicted octanol–water partition coefficient (Wildman–Crippen LogP) is 2.79. The number of imidazole rings is 1. The van der Waals surface area contributed by atoms with Crippen molar-refractivity contribution in [3.05, 3.63) is 89.5 Å². The number of nitrogens with two attached hydrogens (primary N) is 1. The van der Waals surface area contributed by atoms with E-state index in [0.717, 1.165) is 16.9 Å². The van der Waals surface area contributed by atoms with Crippen LogP contribution in [0.25, 0.3) is 22.5 Å². The smallest absolute Gasteiger partial charge is 0.219 e. The van der Waals surface area contributed by atoms with Crippen LogP contribution in [0.2, 0.25) is 0 Å². The number of allylic oxidation sites excluding steroid dienone is 2. The molecule has 1 aliphatic rings. The Kier molecular flexibility index (Phi) is 4.31. The fourth-order valence-electron chi connectivity index (χ4n) is 3.31. The van der Waals surface area contributed by atoms with Gasteiger partial charge in [-0.2, -0.15) is 0 Å². The number of quaternary nitrogens is 1. The van der Waals surface area contributed by atoms with Gasteiger partial charge in [-0.1, -0.05) is 41.9 Å². The van der Waals surface area contributed by atoms with Crippen LogP contribution < -0.4 is 10.9 Å². The third-order valence-electron chi connectivity index (χ3n) is 4.68. The van der Waals surface area contributed by atoms with Gasteiger partial charge in [-0.15, -0.1) is 0 Å². The molecule has 29 heavy (non-hydrogen) atoms. The summed E-state index contributed by atoms with van der Waals surface area (Å²) >= 11 is 6.16. The maximum atomic E-state index is 10.9. The zero-order chi connectivity index (χ0) is 19.8. The van der Waals surface area contributed by atoms with Crippen LogP contribution in [0, 0.1) is 0 Å². The van der Waals surface area contributed by atoms with Crippen molar-refractivity contribution in [3.8, 4) is 17.1 Å². The first kappa shape index (κ1) is 17.5. The molecule has 144 valence electrons. The summed E-state index contributed by atoms with van der Waals surface area (Å²) in [4.78, 5) is 9.51. The molecule has 0 aliphatic carbocycles. The molecule has 4 aromatic rings. The van der Waals surface area contributed by atoms with Crippen molar-refractivity contribution in [2.45, 2.75) is 6.42 Å². The highest BCUT2D eigenvalue weighted by atomic mass is 35.5. The predicted molar refractivity (Wildman–Crippen MR) is 109 cm³/mol. The molecule has 0 saturated heterocycles. The van der Waals surface area contributed by atoms with Crippen LogP contribution in [0.4, 0.5) is 0 Å². The molecule has 0 bridgehead atoms. The Morgan fingerprint density at radius 2 is 2.00 bits per heavy atom. The van der Waals surface area contributed by atoms with Gasteiger partial charge in [0.15, 0.2) is 10.8 Å². The van der Waals surface area contributed by atoms with Crippen LogP contribution >= 0.6 is 11.6 Å². The maximum absolute atomic E-state index is 10.9. The van der Waals surface area contributed by atoms with Gasteiger partial charge in [0.1, 0.15) is 23.3 Å². The van der Waals surface area contributed by atoms with Gasteiger partial charge < -0.3 is 9.52 Å². The molecule has 1 aromatic carbocycles. The molecule has 0 atom stereocenters. The minimum atomic E-state index is 0.0609. The standard InChI is InChI=1S/C21H16ClN5O2/c22-18-9-14(11-23-26-18)19-20-25-16(10-15-7-4-8-29-15)21(28)27(20)12-17(24-19)13-5-2-1-3-6-13/h1-9,11-12,23,26,28H,10H2/p+1. The molecule has 0 saturated carbocycles. The van der Waals surface area contributed by atoms with E-state index >= 15 is 0 Å². The normalized spacial score (nSPS) is 13.8. The number of halogens is 1. The van der Waals surface area contributed by atoms with Crippen LogP contribution in [0.5, 0.6) is 5.88 Å². The molecule has 1 aliphatic heterocycles. The number of hydrogen-bond donors (Lipinski definition) is 3. The minimum Gasteiger partial charge on any atom is -0.493 e. The molecule has 4 N–H and O–H groups in total. The minimum absolute atomic E-state index is 0.0609. The number of aromatic hydroxyl groups is 1. The number of rotatable bonds is 4. The number of furan rings is 1. The van der Waals surface area contributed by atoms with E-state index in [1.54, 1.807) is 28.4 Å². The fraction of sp³-hybridized carbons (Fsp3) is 0.0476. The van der Waals surface area contributed by atoms with Gasteiger partial charge in [-0.25, -0.2) is 20.8 Å². The lowest BCUT2D eigenvalue weighted by molar-refractivity contribution is -0.640. The summed E-state index contributed by atoms with van der Waals surface area (Å²) in [5.41, 5.74) is 8.82. The van der Waals surface area contributed by atoms with Gasteiger partial charge in [-0.3, -0.25) is 4.40 Å². The quantitative estimate of drug-likeness (QED) is 0.358. The highest BCUT2D eigenvalue weighted by Gasteiger charge is 2.21. The summed E-state index contributed by atoms with van der Waals surface area (Å²) in [6.45, 7) is 0. The Morgan fingerprint density at radius 1 is 1.14 bits per heavy atom. The van der Waals surface area contributed by atoms with Crippen LogP contribution in [0.3, 0.4) is 0 Å². The van der Waals surface area contributed by atoms with Crippen molar-refractivity contribution in [3.63, 3.8) is 0 Å². The lowest BCUT2D eigenvalue weighted by atomic mass is 10.1. The van der Waals surface area contributed by atoms with E-state index in [-0.39, 0.29) is 5.88 Å². The van der Waals surface area contributed by atoms with Gasteiger partial charge in [0, 0.05) is 11.8 Å². The van der Waals surface area contributed by atoms with Gasteiger partial charge in [-0.05, 0) is 18.2 Å². The van der Waals surface area contributed by atoms with Gasteiger partial charge in [0.25, 0.3) is 0 Å². The third kappa shape index (κ3) is 3.26. The number of benzene rings is 1. The molecule has 0 unspecified atom stereocenters. The van der Waals surface area contributed by atoms with Gasteiger partial charge in [0.05, 0.1) is 24.0 Å². The van der Waals surface area contributed by atoms with Crippen molar-refractivity contribution >= 4 is 22.8 Å². The van der Waals surface area contributed by atoms with Crippen LogP contribution in [-0.2, 0) is 6.42 Å². The molecule has 4 heterocycles. The summed E-state index contributed by atoms with van der Waals surface area (Å²) in [6.07, 6.45) is 7.44. The second-order valence-electron chi connectivity index (χ2n) is 6.60. The molecule has 0 fully saturated rings. The van der Waals surface area contributed by atoms with Gasteiger partial charge >= 0.3 is 0 Å². The first-order valence-electron chi connectivity index (χ1n) is 9.05. The maximum Gasteiger partial charge on any atom is 0.219 e. The monoisotopic (exact) mass is 406 g/mol. The molecular formula is C21H17ClN5O2+. The zero-order valence-corrected chi connectivity index (χ0v) is 16.0. The third-order valence-corrected chi connectivity index (χ3v) is 4.90. The second kappa shape index (κ2) is 7.12. The molecular weight excluding hydrogens is 390 g/mol. The van der Waals surface area contributed by atoms with Gasteiger partial charge in [0.2, 0.25) is 5.88 Å². The number of nitrogens with zero attached hydrogens (tertiary/aromatic N) is 3. The van der Waals surface area contributed by atoms with Crippen LogP contribution in [0.15, 0.2) is 76.8 Å². The van der Waals surface area contributed by atoms with E-state index in [1.165, 1.54) is 0 Å². The first-order valence-corrected chi connectivity index (χ1v) is 9.43. The van der Waals surface area contributed by atoms with E-state index in [4.69, 9.17) is 21.0 Å². The zero-order valence-electron chi connectivity index (χ0n) is 15.2. The van der Waals surface area contributed by atoms with Crippen LogP contribution in [0.1, 0.15) is 17.1 Å². The van der Waals surface area contributed by atoms with Crippen LogP contribution in [-0.4, -0.2) is 19.5 Å². The number of aromatic nitrogens is 3. The number of hydrogen-bond acceptors (Lipinski definition) is 5. The number of nitrogens with one attached hydrogen (secondary N) is 1. The Labute approximate surface area is 171 Å². The Balaban J connectivity index is 1.73. The molecule has 5 rings (SSSR count). The number of fused-ring (bicyclic) bond motifs is 1. The topological polar surface area (TPSA) is 92.2 Å². The van der Waals surface area contributed by atoms with Crippen molar-refractivity contribution in [2.75, 3.05) is 0 Å². The fourth-order valence-corrected chi connectivity index (χ4v) is 3.49. The molecule has 3 aromatic heterocycles. The SMILES string of the molecule is Oc1c(Cc2ccco2)nc2c(C3=C[NH2+]NC(Cl)=C3)nc(-c3ccccc3)cn12. The lowest BCUT2D eigenvalue weighted by Crippen LogP contribution is -2.88. The molecule has 0 radical (unpaired) electrons. The summed E-state index contributed by atoms with van der Waals surface area (Å²) < 4.78 is 7.07. The first-order chi connectivity index (χ1) is 14.2. The summed E-state index contributed by atoms with van der Waals surface area (Å²) in [6, 6.07) is 13.5. The Morgan fingerprint density at radius 3 is 2.76 bits per heavy atom. The van der Waals surface area contributed by atoms with E-state index < -0.39 is 0 Å². The summed E-state index contributed by atoms with van der Waals surface area (Å²) in [5, 5.41) is 11.4. The largest absolute Gasteiger partial charge is 0.493 e. The van der Waals surface area contributed by atoms with E-state index in [9.17, 15) is 5.11 Å². The average molecular weight is 407 g/mol. The lowest BCUT2D eigenvalue weighted by Gasteiger charge is -2.11. The molecule has 7 nitrogen and oxygen atoms in total. The molecule has 0 spiro atoms. The summed E-state index contributed by atoms with van der Waals surface area (Å²) in [7, 11) is 0. The highest BCUT2D eigenvalue weighted by Crippen LogP contribution is 2.30. The van der Waals surface area contributed by atoms with E-state index in [0.29, 0.717) is 34.3 Å². The second-order valence-corrected chi connectivity index (χ2v) is 7.01. The van der Waals surface area contributed by atoms with Crippen molar-refractivity contribution in [2.24, 2.45) is 0 Å². The summed E-state index contributed by atoms with van der Waals surface area (Å²) in [5.74, 6) is 0.782. The Hall–Kier alpha value is -3.55. The average Bonchev–Trinajstić information content (AvgIpc) is 3.37. The van der Waals surface area contributed by atoms with E-state index in [1.807, 2.05) is 48.7 Å². The van der Waals surface area contributed by atoms with E-state index in [2.05, 4.69) is 10.4 Å². The van der Waals surface area contributed by atoms with Crippen molar-refractivity contribution in [1.82, 2.24) is 19.8 Å². The molecule has 0 amide bonds. The highest BCUT2D eigenvalue weighted by molar-refractivity contribution is 6.29.